The van der Waals surface area contributed by atoms with Gasteiger partial charge in [-0.2, -0.15) is 0 Å². The predicted octanol–water partition coefficient (Wildman–Crippen LogP) is 4.66. The van der Waals surface area contributed by atoms with Crippen molar-refractivity contribution in [1.82, 2.24) is 0 Å². The van der Waals surface area contributed by atoms with Gasteiger partial charge in [-0.3, -0.25) is 0 Å². The van der Waals surface area contributed by atoms with Gasteiger partial charge in [0.2, 0.25) is 0 Å². The predicted molar refractivity (Wildman–Crippen MR) is 53.3 cm³/mol. The molecule has 0 aromatic heterocycles. The molecule has 1 atom stereocenters. The van der Waals surface area contributed by atoms with Crippen molar-refractivity contribution in [2.75, 3.05) is 0 Å². The summed E-state index contributed by atoms with van der Waals surface area (Å²) in [6, 6.07) is 2.94. The molecule has 4 heteroatoms. The van der Waals surface area contributed by atoms with Crippen LogP contribution in [0.1, 0.15) is 25.1 Å². The fourth-order valence-electron chi connectivity index (χ4n) is 1.03. The molecule has 0 radical (unpaired) electrons. The Bertz CT molecular complexity index is 315. The Balaban J connectivity index is 3.25. The minimum Gasteiger partial charge on any atom is -0.242 e. The Kier molecular flexibility index (Phi) is 3.68. The zero-order valence-electron chi connectivity index (χ0n) is 6.95. The standard InChI is InChI=1S/C9H8BrClF2/c1-2-7(12)8-6(11)4-3-5(10)9(8)13/h3-4,7H,2H2,1H3. The van der Waals surface area contributed by atoms with E-state index in [-0.39, 0.29) is 21.5 Å². The minimum absolute atomic E-state index is 0.0569. The average molecular weight is 270 g/mol. The second-order valence-electron chi connectivity index (χ2n) is 2.63. The molecular weight excluding hydrogens is 261 g/mol. The van der Waals surface area contributed by atoms with E-state index in [0.29, 0.717) is 0 Å². The fraction of sp³-hybridized carbons (Fsp3) is 0.333. The highest BCUT2D eigenvalue weighted by Gasteiger charge is 2.18. The van der Waals surface area contributed by atoms with Gasteiger partial charge in [0.1, 0.15) is 12.0 Å². The molecule has 0 bridgehead atoms. The molecule has 13 heavy (non-hydrogen) atoms. The van der Waals surface area contributed by atoms with Gasteiger partial charge in [0.25, 0.3) is 0 Å². The molecule has 0 heterocycles. The molecule has 1 aromatic rings. The van der Waals surface area contributed by atoms with Crippen molar-refractivity contribution in [1.29, 1.82) is 0 Å². The Morgan fingerprint density at radius 2 is 2.15 bits per heavy atom. The van der Waals surface area contributed by atoms with Gasteiger partial charge in [0.05, 0.1) is 4.47 Å². The number of halogens is 4. The monoisotopic (exact) mass is 268 g/mol. The van der Waals surface area contributed by atoms with Crippen molar-refractivity contribution in [3.63, 3.8) is 0 Å². The maximum atomic E-state index is 13.3. The molecule has 1 rings (SSSR count). The zero-order valence-corrected chi connectivity index (χ0v) is 9.29. The first kappa shape index (κ1) is 10.9. The molecule has 1 unspecified atom stereocenters. The summed E-state index contributed by atoms with van der Waals surface area (Å²) in [7, 11) is 0. The summed E-state index contributed by atoms with van der Waals surface area (Å²) in [6.07, 6.45) is -1.13. The summed E-state index contributed by atoms with van der Waals surface area (Å²) in [5.41, 5.74) is -0.0569. The van der Waals surface area contributed by atoms with Gasteiger partial charge < -0.3 is 0 Å². The quantitative estimate of drug-likeness (QED) is 0.685. The van der Waals surface area contributed by atoms with Gasteiger partial charge in [-0.25, -0.2) is 8.78 Å². The second-order valence-corrected chi connectivity index (χ2v) is 3.89. The molecule has 0 saturated carbocycles. The van der Waals surface area contributed by atoms with Crippen LogP contribution in [0, 0.1) is 5.82 Å². The lowest BCUT2D eigenvalue weighted by molar-refractivity contribution is 0.323. The highest BCUT2D eigenvalue weighted by Crippen LogP contribution is 2.33. The first-order chi connectivity index (χ1) is 6.07. The van der Waals surface area contributed by atoms with Gasteiger partial charge >= 0.3 is 0 Å². The van der Waals surface area contributed by atoms with Gasteiger partial charge in [0, 0.05) is 10.6 Å². The first-order valence-corrected chi connectivity index (χ1v) is 5.02. The van der Waals surface area contributed by atoms with Crippen LogP contribution < -0.4 is 0 Å². The molecule has 72 valence electrons. The maximum absolute atomic E-state index is 13.3. The number of alkyl halides is 1. The van der Waals surface area contributed by atoms with Crippen LogP contribution in [0.3, 0.4) is 0 Å². The van der Waals surface area contributed by atoms with E-state index >= 15 is 0 Å². The van der Waals surface area contributed by atoms with Gasteiger partial charge in [-0.15, -0.1) is 0 Å². The van der Waals surface area contributed by atoms with E-state index in [9.17, 15) is 8.78 Å². The van der Waals surface area contributed by atoms with E-state index in [1.807, 2.05) is 0 Å². The summed E-state index contributed by atoms with van der Waals surface area (Å²) in [5, 5.41) is 0.134. The summed E-state index contributed by atoms with van der Waals surface area (Å²) in [6.45, 7) is 1.64. The van der Waals surface area contributed by atoms with E-state index in [1.54, 1.807) is 6.92 Å². The lowest BCUT2D eigenvalue weighted by Gasteiger charge is -2.10. The highest BCUT2D eigenvalue weighted by molar-refractivity contribution is 9.10. The lowest BCUT2D eigenvalue weighted by Crippen LogP contribution is -1.96. The van der Waals surface area contributed by atoms with Crippen molar-refractivity contribution in [2.45, 2.75) is 19.5 Å². The Morgan fingerprint density at radius 1 is 1.54 bits per heavy atom. The number of hydrogen-bond acceptors (Lipinski definition) is 0. The molecule has 0 fully saturated rings. The summed E-state index contributed by atoms with van der Waals surface area (Å²) in [4.78, 5) is 0. The molecule has 0 saturated heterocycles. The van der Waals surface area contributed by atoms with Crippen LogP contribution >= 0.6 is 27.5 Å². The lowest BCUT2D eigenvalue weighted by atomic mass is 10.1. The SMILES string of the molecule is CCC(F)c1c(Cl)ccc(Br)c1F. The van der Waals surface area contributed by atoms with E-state index in [4.69, 9.17) is 11.6 Å². The Hall–Kier alpha value is -0.150. The van der Waals surface area contributed by atoms with Crippen LogP contribution in [0.5, 0.6) is 0 Å². The largest absolute Gasteiger partial charge is 0.242 e. The first-order valence-electron chi connectivity index (χ1n) is 3.85. The minimum atomic E-state index is -1.34. The smallest absolute Gasteiger partial charge is 0.144 e. The van der Waals surface area contributed by atoms with Crippen molar-refractivity contribution in [3.05, 3.63) is 33.0 Å². The van der Waals surface area contributed by atoms with Crippen LogP contribution in [0.25, 0.3) is 0 Å². The van der Waals surface area contributed by atoms with E-state index in [0.717, 1.165) is 0 Å². The molecule has 0 aliphatic heterocycles. The van der Waals surface area contributed by atoms with E-state index < -0.39 is 12.0 Å². The third kappa shape index (κ3) is 2.20. The maximum Gasteiger partial charge on any atom is 0.144 e. The van der Waals surface area contributed by atoms with Gasteiger partial charge in [-0.05, 0) is 34.5 Å². The normalized spacial score (nSPS) is 13.0. The number of benzene rings is 1. The molecule has 0 N–H and O–H groups in total. The van der Waals surface area contributed by atoms with Crippen LogP contribution in [0.4, 0.5) is 8.78 Å². The number of hydrogen-bond donors (Lipinski definition) is 0. The Labute approximate surface area is 89.0 Å². The van der Waals surface area contributed by atoms with Crippen molar-refractivity contribution in [2.24, 2.45) is 0 Å². The third-order valence-corrected chi connectivity index (χ3v) is 2.69. The van der Waals surface area contributed by atoms with Crippen LogP contribution in [0.2, 0.25) is 5.02 Å². The topological polar surface area (TPSA) is 0 Å². The van der Waals surface area contributed by atoms with Crippen LogP contribution in [-0.2, 0) is 0 Å². The van der Waals surface area contributed by atoms with E-state index in [1.165, 1.54) is 12.1 Å². The van der Waals surface area contributed by atoms with Crippen molar-refractivity contribution < 1.29 is 8.78 Å². The summed E-state index contributed by atoms with van der Waals surface area (Å²) < 4.78 is 26.8. The van der Waals surface area contributed by atoms with Crippen LogP contribution in [0.15, 0.2) is 16.6 Å². The highest BCUT2D eigenvalue weighted by atomic mass is 79.9. The van der Waals surface area contributed by atoms with Crippen molar-refractivity contribution >= 4 is 27.5 Å². The molecule has 1 aromatic carbocycles. The van der Waals surface area contributed by atoms with Gasteiger partial charge in [0.15, 0.2) is 0 Å². The van der Waals surface area contributed by atoms with E-state index in [2.05, 4.69) is 15.9 Å². The van der Waals surface area contributed by atoms with Gasteiger partial charge in [-0.1, -0.05) is 18.5 Å². The molecule has 0 amide bonds. The molecular formula is C9H8BrClF2. The molecule has 0 aliphatic rings. The molecule has 0 aliphatic carbocycles. The van der Waals surface area contributed by atoms with Crippen molar-refractivity contribution in [3.8, 4) is 0 Å². The fourth-order valence-corrected chi connectivity index (χ4v) is 1.64. The Morgan fingerprint density at radius 3 is 2.69 bits per heavy atom. The number of rotatable bonds is 2. The van der Waals surface area contributed by atoms with Crippen LogP contribution in [-0.4, -0.2) is 0 Å². The zero-order chi connectivity index (χ0) is 10.0. The summed E-state index contributed by atoms with van der Waals surface area (Å²) >= 11 is 8.65. The average Bonchev–Trinajstić information content (AvgIpc) is 2.12. The molecule has 0 nitrogen and oxygen atoms in total. The second kappa shape index (κ2) is 4.38. The third-order valence-electron chi connectivity index (χ3n) is 1.75. The molecule has 0 spiro atoms. The summed E-state index contributed by atoms with van der Waals surface area (Å²) in [5.74, 6) is -0.609.